The summed E-state index contributed by atoms with van der Waals surface area (Å²) in [5, 5.41) is 112. The summed E-state index contributed by atoms with van der Waals surface area (Å²) in [5.41, 5.74) is 0. The Morgan fingerprint density at radius 3 is 2.02 bits per heavy atom. The molecular weight excluding hydrogens is 616 g/mol. The number of aliphatic hydroxyl groups is 10. The minimum absolute atomic E-state index is 0.333. The second-order valence-electron chi connectivity index (χ2n) is 11.4. The average molecular weight is 661 g/mol. The number of ether oxygens (including phenoxy) is 6. The summed E-state index contributed by atoms with van der Waals surface area (Å²) >= 11 is 0. The quantitative estimate of drug-likeness (QED) is 0.0772. The average Bonchev–Trinajstić information content (AvgIpc) is 2.99. The third kappa shape index (κ3) is 8.51. The SMILES string of the molecule is CC(=O)C[C@H]1C(C(O)C(O)CO)O[C@@](OC2C(O)[C@@H](OCCO[C@@H]3OC(C)[C@H](O)[C@@H](O)C3O)O[C@H](CO)[C@H]2O)(C(=O)O)C[C@@H]1O. The lowest BCUT2D eigenvalue weighted by Gasteiger charge is -2.50. The maximum absolute atomic E-state index is 12.6. The molecule has 3 aliphatic rings. The summed E-state index contributed by atoms with van der Waals surface area (Å²) in [6.45, 7) is 0.0399. The van der Waals surface area contributed by atoms with Gasteiger partial charge in [0.1, 0.15) is 60.7 Å². The van der Waals surface area contributed by atoms with Crippen molar-refractivity contribution in [3.8, 4) is 0 Å². The Kier molecular flexibility index (Phi) is 13.5. The summed E-state index contributed by atoms with van der Waals surface area (Å²) in [6, 6.07) is 0. The van der Waals surface area contributed by atoms with Gasteiger partial charge in [-0.15, -0.1) is 0 Å². The second-order valence-corrected chi connectivity index (χ2v) is 11.4. The lowest BCUT2D eigenvalue weighted by Crippen LogP contribution is -2.67. The van der Waals surface area contributed by atoms with Crippen molar-refractivity contribution in [1.82, 2.24) is 0 Å². The number of rotatable bonds is 14. The van der Waals surface area contributed by atoms with E-state index in [2.05, 4.69) is 0 Å². The molecule has 11 N–H and O–H groups in total. The highest BCUT2D eigenvalue weighted by Gasteiger charge is 2.59. The first-order valence-electron chi connectivity index (χ1n) is 14.4. The number of carboxylic acids is 1. The topological polar surface area (TPSA) is 312 Å². The molecule has 3 rings (SSSR count). The molecule has 45 heavy (non-hydrogen) atoms. The summed E-state index contributed by atoms with van der Waals surface area (Å²) in [7, 11) is 0. The van der Waals surface area contributed by atoms with E-state index < -0.39 is 135 Å². The normalized spacial score (nSPS) is 43.9. The number of hydrogen-bond donors (Lipinski definition) is 11. The molecule has 0 radical (unpaired) electrons. The summed E-state index contributed by atoms with van der Waals surface area (Å²) in [4.78, 5) is 24.4. The molecule has 0 amide bonds. The first kappa shape index (κ1) is 38.0. The lowest BCUT2D eigenvalue weighted by atomic mass is 9.80. The molecule has 0 aromatic rings. The van der Waals surface area contributed by atoms with Gasteiger partial charge in [-0.2, -0.15) is 0 Å². The Labute approximate surface area is 257 Å². The third-order valence-electron chi connectivity index (χ3n) is 8.09. The van der Waals surface area contributed by atoms with E-state index in [1.54, 1.807) is 0 Å². The molecule has 19 heteroatoms. The van der Waals surface area contributed by atoms with Crippen LogP contribution in [0.3, 0.4) is 0 Å². The predicted octanol–water partition coefficient (Wildman–Crippen LogP) is -6.09. The van der Waals surface area contributed by atoms with Gasteiger partial charge < -0.3 is 89.4 Å². The number of carboxylic acid groups (broad SMARTS) is 1. The predicted molar refractivity (Wildman–Crippen MR) is 141 cm³/mol. The fourth-order valence-corrected chi connectivity index (χ4v) is 5.53. The van der Waals surface area contributed by atoms with E-state index in [4.69, 9.17) is 28.4 Å². The van der Waals surface area contributed by atoms with Gasteiger partial charge >= 0.3 is 5.97 Å². The standard InChI is InChI=1S/C26H44O19/c1-9(29)5-11-12(30)6-26(25(38)39,44-21(11)16(33)13(31)7-27)45-22-17(34)14(8-28)43-24(20(22)37)41-4-3-40-23-19(36)18(35)15(32)10(2)42-23/h10-24,27-28,30-37H,3-8H2,1-2H3,(H,38,39)/t10?,11-,12+,13?,14-,15+,16?,17-,18-,19?,20?,21?,22?,23-,24+,26+/m1/s1. The van der Waals surface area contributed by atoms with Crippen LogP contribution in [0, 0.1) is 5.92 Å². The Morgan fingerprint density at radius 1 is 0.889 bits per heavy atom. The van der Waals surface area contributed by atoms with Crippen LogP contribution in [0.15, 0.2) is 0 Å². The zero-order valence-electron chi connectivity index (χ0n) is 24.6. The molecule has 0 aliphatic carbocycles. The van der Waals surface area contributed by atoms with Gasteiger partial charge in [0.25, 0.3) is 5.79 Å². The number of carbonyl (C=O) groups excluding carboxylic acids is 1. The lowest BCUT2D eigenvalue weighted by molar-refractivity contribution is -0.374. The van der Waals surface area contributed by atoms with Gasteiger partial charge in [0.2, 0.25) is 0 Å². The molecule has 3 saturated heterocycles. The van der Waals surface area contributed by atoms with E-state index in [0.717, 1.165) is 0 Å². The number of ketones is 1. The maximum Gasteiger partial charge on any atom is 0.364 e. The number of Topliss-reactive ketones (excluding diaryl/α,β-unsaturated/α-hetero) is 1. The Bertz CT molecular complexity index is 971. The number of carbonyl (C=O) groups is 2. The maximum atomic E-state index is 12.6. The molecular formula is C26H44O19. The van der Waals surface area contributed by atoms with Crippen LogP contribution >= 0.6 is 0 Å². The van der Waals surface area contributed by atoms with Crippen LogP contribution in [0.5, 0.6) is 0 Å². The van der Waals surface area contributed by atoms with Crippen molar-refractivity contribution in [2.24, 2.45) is 5.92 Å². The highest BCUT2D eigenvalue weighted by molar-refractivity contribution is 5.77. The van der Waals surface area contributed by atoms with Crippen molar-refractivity contribution in [2.75, 3.05) is 26.4 Å². The van der Waals surface area contributed by atoms with Crippen molar-refractivity contribution < 1.29 is 94.2 Å². The molecule has 0 saturated carbocycles. The molecule has 19 nitrogen and oxygen atoms in total. The van der Waals surface area contributed by atoms with Crippen molar-refractivity contribution in [3.05, 3.63) is 0 Å². The molecule has 3 fully saturated rings. The van der Waals surface area contributed by atoms with E-state index in [-0.39, 0.29) is 13.2 Å². The summed E-state index contributed by atoms with van der Waals surface area (Å²) in [5.74, 6) is -6.51. The summed E-state index contributed by atoms with van der Waals surface area (Å²) in [6.07, 6.45) is -24.4. The molecule has 3 aliphatic heterocycles. The van der Waals surface area contributed by atoms with Crippen LogP contribution in [0.2, 0.25) is 0 Å². The van der Waals surface area contributed by atoms with Crippen molar-refractivity contribution in [2.45, 2.75) is 118 Å². The van der Waals surface area contributed by atoms with Gasteiger partial charge in [0.15, 0.2) is 12.6 Å². The van der Waals surface area contributed by atoms with Gasteiger partial charge in [0, 0.05) is 18.8 Å². The van der Waals surface area contributed by atoms with E-state index in [0.29, 0.717) is 0 Å². The monoisotopic (exact) mass is 660 g/mol. The summed E-state index contributed by atoms with van der Waals surface area (Å²) < 4.78 is 32.7. The fraction of sp³-hybridized carbons (Fsp3) is 0.923. The molecule has 0 spiro atoms. The van der Waals surface area contributed by atoms with Crippen LogP contribution in [0.4, 0.5) is 0 Å². The number of aliphatic carboxylic acids is 1. The number of hydrogen-bond acceptors (Lipinski definition) is 18. The Balaban J connectivity index is 1.76. The molecule has 7 unspecified atom stereocenters. The van der Waals surface area contributed by atoms with Crippen molar-refractivity contribution in [3.63, 3.8) is 0 Å². The first-order valence-corrected chi connectivity index (χ1v) is 14.4. The van der Waals surface area contributed by atoms with Crippen LogP contribution in [-0.2, 0) is 38.0 Å². The highest BCUT2D eigenvalue weighted by Crippen LogP contribution is 2.40. The molecule has 262 valence electrons. The number of aliphatic hydroxyl groups excluding tert-OH is 10. The van der Waals surface area contributed by atoms with Crippen molar-refractivity contribution in [1.29, 1.82) is 0 Å². The molecule has 0 bridgehead atoms. The molecule has 16 atom stereocenters. The van der Waals surface area contributed by atoms with Crippen LogP contribution in [0.25, 0.3) is 0 Å². The van der Waals surface area contributed by atoms with Crippen LogP contribution in [-0.4, -0.2) is 186 Å². The minimum Gasteiger partial charge on any atom is -0.477 e. The highest BCUT2D eigenvalue weighted by atomic mass is 16.8. The second kappa shape index (κ2) is 16.1. The largest absolute Gasteiger partial charge is 0.477 e. The van der Waals surface area contributed by atoms with E-state index in [1.807, 2.05) is 0 Å². The molecule has 0 aromatic heterocycles. The van der Waals surface area contributed by atoms with Crippen molar-refractivity contribution >= 4 is 11.8 Å². The smallest absolute Gasteiger partial charge is 0.364 e. The van der Waals surface area contributed by atoms with Gasteiger partial charge in [-0.25, -0.2) is 4.79 Å². The molecule has 3 heterocycles. The third-order valence-corrected chi connectivity index (χ3v) is 8.09. The van der Waals surface area contributed by atoms with Gasteiger partial charge in [-0.05, 0) is 13.8 Å². The fourth-order valence-electron chi connectivity index (χ4n) is 5.53. The zero-order chi connectivity index (χ0) is 33.8. The minimum atomic E-state index is -2.90. The van der Waals surface area contributed by atoms with Gasteiger partial charge in [-0.3, -0.25) is 0 Å². The van der Waals surface area contributed by atoms with Gasteiger partial charge in [0.05, 0.1) is 44.7 Å². The van der Waals surface area contributed by atoms with Gasteiger partial charge in [-0.1, -0.05) is 0 Å². The van der Waals surface area contributed by atoms with E-state index in [9.17, 15) is 65.8 Å². The molecule has 0 aromatic carbocycles. The van der Waals surface area contributed by atoms with E-state index in [1.165, 1.54) is 13.8 Å². The zero-order valence-corrected chi connectivity index (χ0v) is 24.6. The van der Waals surface area contributed by atoms with Crippen LogP contribution < -0.4 is 0 Å². The Morgan fingerprint density at radius 2 is 1.49 bits per heavy atom. The van der Waals surface area contributed by atoms with Crippen LogP contribution in [0.1, 0.15) is 26.7 Å². The Hall–Kier alpha value is -1.50. The van der Waals surface area contributed by atoms with E-state index >= 15 is 0 Å². The first-order chi connectivity index (χ1) is 21.1.